The number of benzene rings is 2. The van der Waals surface area contributed by atoms with E-state index >= 15 is 0 Å². The van der Waals surface area contributed by atoms with E-state index in [1.165, 1.54) is 51.8 Å². The average Bonchev–Trinajstić information content (AvgIpc) is 3.44. The van der Waals surface area contributed by atoms with Crippen LogP contribution in [0.2, 0.25) is 13.3 Å². The number of nitrogens with one attached hydrogen (secondary N) is 2. The van der Waals surface area contributed by atoms with Crippen molar-refractivity contribution in [2.24, 2.45) is 5.16 Å². The van der Waals surface area contributed by atoms with Gasteiger partial charge in [-0.1, -0.05) is 0 Å². The molecule has 4 rings (SSSR count). The van der Waals surface area contributed by atoms with E-state index in [0.717, 1.165) is 22.5 Å². The molecule has 0 unspecified atom stereocenters. The molecule has 2 aromatic rings. The molecule has 2 heterocycles. The van der Waals surface area contributed by atoms with Gasteiger partial charge in [0.25, 0.3) is 0 Å². The standard InChI is InChI=1S/C19H12N3O2.3C4H9.Sn/c1-2-11-24-22-17-13-8-4-6-10-15(13)20-18(17)16-12-7-3-5-9-14(12)21-19(16)23;3*1-3-4-2;/h1,3-4,6-10,20H,11H2,(H,21,23);3*1,3-4H2,2H3;/b18-16-,22-17+;;;;. The zero-order valence-corrected chi connectivity index (χ0v) is 25.3. The molecule has 37 heavy (non-hydrogen) atoms. The summed E-state index contributed by atoms with van der Waals surface area (Å²) in [5.41, 5.74) is 5.54. The number of anilines is 2. The van der Waals surface area contributed by atoms with E-state index in [-0.39, 0.29) is 12.5 Å². The predicted octanol–water partition coefficient (Wildman–Crippen LogP) is 6.89. The first-order valence-corrected chi connectivity index (χ1v) is 21.3. The number of hydrogen-bond donors (Lipinski definition) is 2. The molecule has 0 atom stereocenters. The van der Waals surface area contributed by atoms with Crippen LogP contribution in [-0.4, -0.2) is 36.6 Å². The first-order valence-electron chi connectivity index (χ1n) is 13.8. The second-order valence-corrected chi connectivity index (χ2v) is 23.4. The average molecular weight is 604 g/mol. The molecule has 0 saturated heterocycles. The van der Waals surface area contributed by atoms with E-state index in [2.05, 4.69) is 60.7 Å². The van der Waals surface area contributed by atoms with Crippen LogP contribution in [0, 0.1) is 12.3 Å². The molecule has 2 aliphatic rings. The number of amides is 1. The molecule has 5 nitrogen and oxygen atoms in total. The molecule has 6 heteroatoms. The molecular formula is C31H39N3O2Sn. The molecular weight excluding hydrogens is 565 g/mol. The Hall–Kier alpha value is -2.72. The van der Waals surface area contributed by atoms with Crippen molar-refractivity contribution < 1.29 is 9.63 Å². The second kappa shape index (κ2) is 12.7. The van der Waals surface area contributed by atoms with Crippen molar-refractivity contribution in [2.45, 2.75) is 72.6 Å². The van der Waals surface area contributed by atoms with Crippen LogP contribution in [0.1, 0.15) is 70.4 Å². The third kappa shape index (κ3) is 5.75. The fourth-order valence-corrected chi connectivity index (χ4v) is 21.6. The van der Waals surface area contributed by atoms with Gasteiger partial charge in [0.1, 0.15) is 0 Å². The minimum atomic E-state index is -2.62. The second-order valence-electron chi connectivity index (χ2n) is 10.1. The van der Waals surface area contributed by atoms with Crippen molar-refractivity contribution >= 4 is 50.5 Å². The first kappa shape index (κ1) is 27.3. The Morgan fingerprint density at radius 1 is 0.892 bits per heavy atom. The molecule has 0 saturated carbocycles. The van der Waals surface area contributed by atoms with E-state index in [1.54, 1.807) is 3.58 Å². The van der Waals surface area contributed by atoms with Gasteiger partial charge in [-0.3, -0.25) is 0 Å². The van der Waals surface area contributed by atoms with E-state index < -0.39 is 18.4 Å². The van der Waals surface area contributed by atoms with Crippen molar-refractivity contribution in [3.8, 4) is 12.3 Å². The third-order valence-electron chi connectivity index (χ3n) is 7.64. The van der Waals surface area contributed by atoms with Gasteiger partial charge in [-0.05, 0) is 0 Å². The van der Waals surface area contributed by atoms with Crippen LogP contribution in [-0.2, 0) is 9.63 Å². The number of oxime groups is 1. The maximum absolute atomic E-state index is 13.4. The Morgan fingerprint density at radius 2 is 1.57 bits per heavy atom. The van der Waals surface area contributed by atoms with Crippen molar-refractivity contribution in [3.05, 3.63) is 59.3 Å². The van der Waals surface area contributed by atoms with Gasteiger partial charge in [-0.25, -0.2) is 0 Å². The molecule has 2 aromatic carbocycles. The molecule has 0 fully saturated rings. The van der Waals surface area contributed by atoms with Crippen LogP contribution in [0.25, 0.3) is 5.57 Å². The van der Waals surface area contributed by atoms with Gasteiger partial charge >= 0.3 is 227 Å². The number of unbranched alkanes of at least 4 members (excludes halogenated alkanes) is 3. The van der Waals surface area contributed by atoms with Crippen LogP contribution < -0.4 is 14.2 Å². The van der Waals surface area contributed by atoms with Gasteiger partial charge in [-0.15, -0.1) is 0 Å². The molecule has 194 valence electrons. The summed E-state index contributed by atoms with van der Waals surface area (Å²) in [7, 11) is 0. The molecule has 0 aromatic heterocycles. The molecule has 0 radical (unpaired) electrons. The van der Waals surface area contributed by atoms with Crippen LogP contribution in [0.4, 0.5) is 11.4 Å². The summed E-state index contributed by atoms with van der Waals surface area (Å²) in [6, 6.07) is 14.7. The first-order chi connectivity index (χ1) is 18.1. The number of allylic oxidation sites excluding steroid dienone is 1. The number of carbonyl (C=O) groups excluding carboxylic acids is 1. The fraction of sp³-hybridized carbons (Fsp3) is 0.419. The van der Waals surface area contributed by atoms with Gasteiger partial charge in [0, 0.05) is 0 Å². The number of hydrogen-bond acceptors (Lipinski definition) is 4. The molecule has 0 spiro atoms. The van der Waals surface area contributed by atoms with Crippen LogP contribution in [0.5, 0.6) is 0 Å². The zero-order valence-electron chi connectivity index (χ0n) is 22.5. The summed E-state index contributed by atoms with van der Waals surface area (Å²) in [6.07, 6.45) is 13.0. The summed E-state index contributed by atoms with van der Waals surface area (Å²) in [6.45, 7) is 6.98. The Morgan fingerprint density at radius 3 is 2.22 bits per heavy atom. The van der Waals surface area contributed by atoms with Crippen molar-refractivity contribution in [1.82, 2.24) is 0 Å². The summed E-state index contributed by atoms with van der Waals surface area (Å²) in [5, 5.41) is 10.9. The Balaban J connectivity index is 1.78. The van der Waals surface area contributed by atoms with Gasteiger partial charge in [-0.2, -0.15) is 0 Å². The van der Waals surface area contributed by atoms with Crippen molar-refractivity contribution in [2.75, 3.05) is 17.2 Å². The topological polar surface area (TPSA) is 62.7 Å². The van der Waals surface area contributed by atoms with E-state index in [9.17, 15) is 4.79 Å². The Kier molecular flexibility index (Phi) is 9.37. The van der Waals surface area contributed by atoms with E-state index in [1.807, 2.05) is 24.3 Å². The third-order valence-corrected chi connectivity index (χ3v) is 23.2. The fourth-order valence-electron chi connectivity index (χ4n) is 5.64. The van der Waals surface area contributed by atoms with Crippen LogP contribution >= 0.6 is 0 Å². The summed E-state index contributed by atoms with van der Waals surface area (Å²) in [4.78, 5) is 18.8. The zero-order chi connectivity index (χ0) is 26.3. The van der Waals surface area contributed by atoms with Crippen LogP contribution in [0.3, 0.4) is 0 Å². The number of nitrogens with zero attached hydrogens (tertiary/aromatic N) is 1. The monoisotopic (exact) mass is 605 g/mol. The van der Waals surface area contributed by atoms with Gasteiger partial charge in [0.15, 0.2) is 0 Å². The number of rotatable bonds is 12. The maximum atomic E-state index is 13.4. The van der Waals surface area contributed by atoms with Gasteiger partial charge in [0.2, 0.25) is 0 Å². The van der Waals surface area contributed by atoms with Crippen LogP contribution in [0.15, 0.2) is 53.3 Å². The van der Waals surface area contributed by atoms with Crippen molar-refractivity contribution in [3.63, 3.8) is 0 Å². The quantitative estimate of drug-likeness (QED) is 0.0913. The Bertz CT molecular complexity index is 1220. The van der Waals surface area contributed by atoms with Gasteiger partial charge in [0.05, 0.1) is 0 Å². The molecule has 2 N–H and O–H groups in total. The Labute approximate surface area is 226 Å². The number of terminal acetylenes is 1. The number of para-hydroxylation sites is 1. The molecule has 0 aliphatic carbocycles. The molecule has 2 aliphatic heterocycles. The summed E-state index contributed by atoms with van der Waals surface area (Å²) in [5.74, 6) is 2.34. The van der Waals surface area contributed by atoms with Gasteiger partial charge < -0.3 is 0 Å². The SMILES string of the molecule is C#CCO/N=C1/C(=C2/C(=O)Nc3c[c]([Sn]([CH2]CCC)([CH2]CCC)[CH2]CCC)ccc32)Nc2ccccc21. The number of carbonyl (C=O) groups is 1. The van der Waals surface area contributed by atoms with Crippen molar-refractivity contribution in [1.29, 1.82) is 0 Å². The number of fused-ring (bicyclic) bond motifs is 2. The van der Waals surface area contributed by atoms with E-state index in [4.69, 9.17) is 11.3 Å². The summed E-state index contributed by atoms with van der Waals surface area (Å²) >= 11 is -2.62. The molecule has 1 amide bonds. The minimum absolute atomic E-state index is 0.0722. The summed E-state index contributed by atoms with van der Waals surface area (Å²) < 4.78 is 5.74. The predicted molar refractivity (Wildman–Crippen MR) is 158 cm³/mol. The normalized spacial score (nSPS) is 17.2. The van der Waals surface area contributed by atoms with E-state index in [0.29, 0.717) is 17.0 Å². The molecule has 0 bridgehead atoms.